The fourth-order valence-electron chi connectivity index (χ4n) is 3.33. The van der Waals surface area contributed by atoms with E-state index in [4.69, 9.17) is 0 Å². The van der Waals surface area contributed by atoms with Gasteiger partial charge >= 0.3 is 0 Å². The molecule has 3 rings (SSSR count). The molecule has 1 aliphatic heterocycles. The van der Waals surface area contributed by atoms with Gasteiger partial charge in [0.05, 0.1) is 11.9 Å². The van der Waals surface area contributed by atoms with Crippen LogP contribution in [-0.4, -0.2) is 34.3 Å². The summed E-state index contributed by atoms with van der Waals surface area (Å²) in [4.78, 5) is 31.4. The van der Waals surface area contributed by atoms with Crippen LogP contribution in [0.1, 0.15) is 40.0 Å². The Morgan fingerprint density at radius 3 is 2.50 bits per heavy atom. The Morgan fingerprint density at radius 2 is 1.86 bits per heavy atom. The van der Waals surface area contributed by atoms with Crippen LogP contribution in [0.25, 0.3) is 0 Å². The highest BCUT2D eigenvalue weighted by atomic mass is 16.2. The summed E-state index contributed by atoms with van der Waals surface area (Å²) in [7, 11) is 0. The fraction of sp³-hybridized carbons (Fsp3) is 0.409. The first-order valence-corrected chi connectivity index (χ1v) is 9.70. The molecule has 1 atom stereocenters. The third-order valence-corrected chi connectivity index (χ3v) is 4.63. The molecular formula is C22H28N4O2. The lowest BCUT2D eigenvalue weighted by atomic mass is 9.91. The quantitative estimate of drug-likeness (QED) is 0.816. The molecule has 0 radical (unpaired) electrons. The molecule has 2 amide bonds. The largest absolute Gasteiger partial charge is 0.340 e. The van der Waals surface area contributed by atoms with E-state index in [0.717, 1.165) is 12.1 Å². The summed E-state index contributed by atoms with van der Waals surface area (Å²) < 4.78 is 0. The Balaban J connectivity index is 1.60. The van der Waals surface area contributed by atoms with Crippen molar-refractivity contribution in [2.75, 3.05) is 17.2 Å². The first-order chi connectivity index (χ1) is 13.3. The monoisotopic (exact) mass is 380 g/mol. The molecule has 6 nitrogen and oxygen atoms in total. The van der Waals surface area contributed by atoms with Gasteiger partial charge in [0.1, 0.15) is 11.9 Å². The standard InChI is InChI=1S/C22H28N4O2/c1-22(2,3)14-20(27)26-13-7-10-18(26)21(28)25-17-11-12-19(23-15-17)24-16-8-5-4-6-9-16/h4-6,8-9,11-12,15,18H,7,10,13-14H2,1-3H3,(H,23,24)(H,25,28). The molecule has 2 aromatic rings. The Morgan fingerprint density at radius 1 is 1.11 bits per heavy atom. The number of hydrogen-bond donors (Lipinski definition) is 2. The van der Waals surface area contributed by atoms with Gasteiger partial charge in [0.15, 0.2) is 0 Å². The van der Waals surface area contributed by atoms with Crippen molar-refractivity contribution < 1.29 is 9.59 Å². The van der Waals surface area contributed by atoms with E-state index in [-0.39, 0.29) is 17.2 Å². The number of carbonyl (C=O) groups is 2. The fourth-order valence-corrected chi connectivity index (χ4v) is 3.33. The average molecular weight is 380 g/mol. The number of para-hydroxylation sites is 1. The molecule has 1 saturated heterocycles. The second-order valence-electron chi connectivity index (χ2n) is 8.39. The Kier molecular flexibility index (Phi) is 5.97. The Labute approximate surface area is 166 Å². The van der Waals surface area contributed by atoms with Crippen molar-refractivity contribution in [3.05, 3.63) is 48.7 Å². The summed E-state index contributed by atoms with van der Waals surface area (Å²) in [5.74, 6) is 0.600. The minimum atomic E-state index is -0.406. The highest BCUT2D eigenvalue weighted by Gasteiger charge is 2.35. The van der Waals surface area contributed by atoms with Crippen LogP contribution in [0.4, 0.5) is 17.2 Å². The van der Waals surface area contributed by atoms with Crippen LogP contribution in [-0.2, 0) is 9.59 Å². The van der Waals surface area contributed by atoms with Crippen molar-refractivity contribution in [1.29, 1.82) is 0 Å². The normalized spacial score (nSPS) is 16.7. The highest BCUT2D eigenvalue weighted by Crippen LogP contribution is 2.25. The zero-order valence-corrected chi connectivity index (χ0v) is 16.7. The van der Waals surface area contributed by atoms with E-state index >= 15 is 0 Å². The van der Waals surface area contributed by atoms with E-state index in [1.807, 2.05) is 63.2 Å². The number of rotatable bonds is 5. The van der Waals surface area contributed by atoms with Crippen LogP contribution in [0.2, 0.25) is 0 Å². The predicted molar refractivity (Wildman–Crippen MR) is 111 cm³/mol. The van der Waals surface area contributed by atoms with E-state index in [2.05, 4.69) is 15.6 Å². The van der Waals surface area contributed by atoms with Gasteiger partial charge in [-0.05, 0) is 42.5 Å². The van der Waals surface area contributed by atoms with Crippen LogP contribution in [0.3, 0.4) is 0 Å². The third-order valence-electron chi connectivity index (χ3n) is 4.63. The van der Waals surface area contributed by atoms with Gasteiger partial charge in [-0.2, -0.15) is 0 Å². The van der Waals surface area contributed by atoms with Gasteiger partial charge in [-0.1, -0.05) is 39.0 Å². The third kappa shape index (κ3) is 5.31. The zero-order chi connectivity index (χ0) is 20.1. The van der Waals surface area contributed by atoms with Crippen molar-refractivity contribution >= 4 is 29.0 Å². The topological polar surface area (TPSA) is 74.3 Å². The summed E-state index contributed by atoms with van der Waals surface area (Å²) in [6, 6.07) is 13.0. The number of hydrogen-bond acceptors (Lipinski definition) is 4. The summed E-state index contributed by atoms with van der Waals surface area (Å²) >= 11 is 0. The van der Waals surface area contributed by atoms with Gasteiger partial charge in [0.25, 0.3) is 0 Å². The lowest BCUT2D eigenvalue weighted by molar-refractivity contribution is -0.138. The lowest BCUT2D eigenvalue weighted by Crippen LogP contribution is -2.44. The number of likely N-dealkylation sites (tertiary alicyclic amines) is 1. The SMILES string of the molecule is CC(C)(C)CC(=O)N1CCCC1C(=O)Nc1ccc(Nc2ccccc2)nc1. The summed E-state index contributed by atoms with van der Waals surface area (Å²) in [5, 5.41) is 6.11. The molecule has 28 heavy (non-hydrogen) atoms. The molecule has 1 aromatic carbocycles. The second kappa shape index (κ2) is 8.42. The molecule has 6 heteroatoms. The van der Waals surface area contributed by atoms with E-state index in [9.17, 15) is 9.59 Å². The zero-order valence-electron chi connectivity index (χ0n) is 16.7. The van der Waals surface area contributed by atoms with Crippen molar-refractivity contribution in [3.8, 4) is 0 Å². The average Bonchev–Trinajstić information content (AvgIpc) is 3.13. The molecule has 1 unspecified atom stereocenters. The maximum Gasteiger partial charge on any atom is 0.247 e. The molecule has 1 aliphatic rings. The number of amides is 2. The number of nitrogens with zero attached hydrogens (tertiary/aromatic N) is 2. The molecular weight excluding hydrogens is 352 g/mol. The number of pyridine rings is 1. The van der Waals surface area contributed by atoms with Crippen LogP contribution in [0.15, 0.2) is 48.7 Å². The van der Waals surface area contributed by atoms with Gasteiger partial charge in [0, 0.05) is 18.7 Å². The number of benzene rings is 1. The van der Waals surface area contributed by atoms with E-state index < -0.39 is 6.04 Å². The molecule has 0 spiro atoms. The molecule has 148 valence electrons. The minimum Gasteiger partial charge on any atom is -0.340 e. The summed E-state index contributed by atoms with van der Waals surface area (Å²) in [6.45, 7) is 6.75. The highest BCUT2D eigenvalue weighted by molar-refractivity contribution is 5.97. The van der Waals surface area contributed by atoms with Crippen molar-refractivity contribution in [2.24, 2.45) is 5.41 Å². The van der Waals surface area contributed by atoms with Crippen LogP contribution in [0, 0.1) is 5.41 Å². The molecule has 0 saturated carbocycles. The van der Waals surface area contributed by atoms with Crippen LogP contribution < -0.4 is 10.6 Å². The van der Waals surface area contributed by atoms with Crippen molar-refractivity contribution in [2.45, 2.75) is 46.1 Å². The lowest BCUT2D eigenvalue weighted by Gasteiger charge is -2.27. The van der Waals surface area contributed by atoms with Gasteiger partial charge in [0.2, 0.25) is 11.8 Å². The van der Waals surface area contributed by atoms with E-state index in [0.29, 0.717) is 30.9 Å². The van der Waals surface area contributed by atoms with Crippen molar-refractivity contribution in [3.63, 3.8) is 0 Å². The first-order valence-electron chi connectivity index (χ1n) is 9.70. The number of carbonyl (C=O) groups excluding carboxylic acids is 2. The number of anilines is 3. The molecule has 2 N–H and O–H groups in total. The van der Waals surface area contributed by atoms with E-state index in [1.54, 1.807) is 11.1 Å². The Bertz CT molecular complexity index is 813. The number of aromatic nitrogens is 1. The van der Waals surface area contributed by atoms with Crippen molar-refractivity contribution in [1.82, 2.24) is 9.88 Å². The Hall–Kier alpha value is -2.89. The van der Waals surface area contributed by atoms with Gasteiger partial charge < -0.3 is 15.5 Å². The molecule has 2 heterocycles. The molecule has 1 fully saturated rings. The maximum atomic E-state index is 12.7. The van der Waals surface area contributed by atoms with Crippen LogP contribution >= 0.6 is 0 Å². The number of nitrogens with one attached hydrogen (secondary N) is 2. The minimum absolute atomic E-state index is 0.0469. The maximum absolute atomic E-state index is 12.7. The first kappa shape index (κ1) is 19.9. The van der Waals surface area contributed by atoms with Gasteiger partial charge in [-0.3, -0.25) is 9.59 Å². The van der Waals surface area contributed by atoms with E-state index in [1.165, 1.54) is 0 Å². The molecule has 1 aromatic heterocycles. The van der Waals surface area contributed by atoms with Gasteiger partial charge in [-0.25, -0.2) is 4.98 Å². The molecule has 0 aliphatic carbocycles. The van der Waals surface area contributed by atoms with Crippen LogP contribution in [0.5, 0.6) is 0 Å². The smallest absolute Gasteiger partial charge is 0.247 e. The summed E-state index contributed by atoms with van der Waals surface area (Å²) in [6.07, 6.45) is 3.62. The summed E-state index contributed by atoms with van der Waals surface area (Å²) in [5.41, 5.74) is 1.48. The second-order valence-corrected chi connectivity index (χ2v) is 8.39. The predicted octanol–water partition coefficient (Wildman–Crippen LogP) is 4.19. The van der Waals surface area contributed by atoms with Gasteiger partial charge in [-0.15, -0.1) is 0 Å². The molecule has 0 bridgehead atoms.